The van der Waals surface area contributed by atoms with Crippen LogP contribution in [0.3, 0.4) is 0 Å². The Morgan fingerprint density at radius 2 is 2.10 bits per heavy atom. The van der Waals surface area contributed by atoms with Crippen LogP contribution in [0.4, 0.5) is 0 Å². The van der Waals surface area contributed by atoms with E-state index in [9.17, 15) is 4.79 Å². The number of azide groups is 1. The van der Waals surface area contributed by atoms with Crippen molar-refractivity contribution in [3.63, 3.8) is 0 Å². The molecule has 0 atom stereocenters. The van der Waals surface area contributed by atoms with Gasteiger partial charge >= 0.3 is 0 Å². The van der Waals surface area contributed by atoms with E-state index in [0.717, 1.165) is 6.08 Å². The number of carbonyl (C=O) groups excluding carboxylic acids is 1. The van der Waals surface area contributed by atoms with Gasteiger partial charge in [0.1, 0.15) is 5.01 Å². The van der Waals surface area contributed by atoms with Crippen molar-refractivity contribution in [1.29, 1.82) is 0 Å². The molecular formula is C12H6Cl2N4OS. The van der Waals surface area contributed by atoms with Crippen molar-refractivity contribution in [2.75, 3.05) is 0 Å². The number of hydrogen-bond acceptors (Lipinski definition) is 3. The molecule has 2 rings (SSSR count). The largest absolute Gasteiger partial charge is 0.288 e. The monoisotopic (exact) mass is 324 g/mol. The number of thiazole rings is 1. The number of halogens is 2. The maximum atomic E-state index is 11.0. The fourth-order valence-corrected chi connectivity index (χ4v) is 2.96. The van der Waals surface area contributed by atoms with Crippen LogP contribution in [-0.2, 0) is 4.79 Å². The van der Waals surface area contributed by atoms with E-state index in [4.69, 9.17) is 28.7 Å². The number of benzene rings is 1. The van der Waals surface area contributed by atoms with Crippen molar-refractivity contribution in [1.82, 2.24) is 4.98 Å². The summed E-state index contributed by atoms with van der Waals surface area (Å²) in [5.41, 5.74) is 9.32. The van der Waals surface area contributed by atoms with E-state index in [1.165, 1.54) is 17.4 Å². The van der Waals surface area contributed by atoms with E-state index < -0.39 is 5.91 Å². The minimum Gasteiger partial charge on any atom is -0.288 e. The van der Waals surface area contributed by atoms with E-state index in [2.05, 4.69) is 15.0 Å². The first kappa shape index (κ1) is 14.6. The first-order valence-corrected chi connectivity index (χ1v) is 6.92. The van der Waals surface area contributed by atoms with Crippen LogP contribution >= 0.6 is 34.5 Å². The molecule has 0 bridgehead atoms. The molecule has 1 heterocycles. The van der Waals surface area contributed by atoms with Crippen LogP contribution in [0.25, 0.3) is 27.1 Å². The molecule has 0 aliphatic carbocycles. The molecule has 0 saturated carbocycles. The third kappa shape index (κ3) is 3.37. The normalized spacial score (nSPS) is 10.5. The average Bonchev–Trinajstić information content (AvgIpc) is 2.85. The Bertz CT molecular complexity index is 715. The van der Waals surface area contributed by atoms with Crippen molar-refractivity contribution in [2.45, 2.75) is 0 Å². The molecule has 0 aliphatic heterocycles. The molecule has 1 aromatic heterocycles. The third-order valence-electron chi connectivity index (χ3n) is 2.24. The van der Waals surface area contributed by atoms with Gasteiger partial charge in [-0.25, -0.2) is 4.98 Å². The smallest absolute Gasteiger partial charge is 0.242 e. The lowest BCUT2D eigenvalue weighted by Crippen LogP contribution is -1.83. The summed E-state index contributed by atoms with van der Waals surface area (Å²) in [5, 5.41) is 6.33. The van der Waals surface area contributed by atoms with Crippen molar-refractivity contribution in [2.24, 2.45) is 5.11 Å². The topological polar surface area (TPSA) is 78.7 Å². The molecule has 0 aliphatic rings. The van der Waals surface area contributed by atoms with Crippen LogP contribution in [0.2, 0.25) is 10.0 Å². The highest BCUT2D eigenvalue weighted by Crippen LogP contribution is 2.36. The maximum absolute atomic E-state index is 11.0. The molecular weight excluding hydrogens is 319 g/mol. The molecule has 8 heteroatoms. The lowest BCUT2D eigenvalue weighted by atomic mass is 10.2. The Balaban J connectivity index is 2.30. The molecule has 2 aromatic rings. The molecule has 0 radical (unpaired) electrons. The number of aromatic nitrogens is 1. The van der Waals surface area contributed by atoms with Crippen molar-refractivity contribution >= 4 is 46.5 Å². The molecule has 1 amide bonds. The second-order valence-electron chi connectivity index (χ2n) is 3.54. The zero-order valence-corrected chi connectivity index (χ0v) is 12.2. The van der Waals surface area contributed by atoms with Crippen LogP contribution in [-0.4, -0.2) is 10.9 Å². The SMILES string of the molecule is [N-]=[N+]=NC(=O)/C=C/c1csc(-c2c(Cl)cccc2Cl)n1. The summed E-state index contributed by atoms with van der Waals surface area (Å²) in [7, 11) is 0. The molecule has 5 nitrogen and oxygen atoms in total. The van der Waals surface area contributed by atoms with Crippen LogP contribution < -0.4 is 0 Å². The Hall–Kier alpha value is -1.85. The first-order chi connectivity index (χ1) is 9.61. The third-order valence-corrected chi connectivity index (χ3v) is 3.75. The van der Waals surface area contributed by atoms with Gasteiger partial charge in [0.05, 0.1) is 15.7 Å². The molecule has 1 aromatic carbocycles. The molecule has 0 N–H and O–H groups in total. The van der Waals surface area contributed by atoms with Gasteiger partial charge in [-0.15, -0.1) is 11.3 Å². The first-order valence-electron chi connectivity index (χ1n) is 5.29. The highest BCUT2D eigenvalue weighted by Gasteiger charge is 2.11. The summed E-state index contributed by atoms with van der Waals surface area (Å²) in [5.74, 6) is -0.683. The Labute approximate surface area is 128 Å². The lowest BCUT2D eigenvalue weighted by Gasteiger charge is -2.02. The maximum Gasteiger partial charge on any atom is 0.242 e. The van der Waals surface area contributed by atoms with Gasteiger partial charge in [0.15, 0.2) is 0 Å². The quantitative estimate of drug-likeness (QED) is 0.346. The summed E-state index contributed by atoms with van der Waals surface area (Å²) >= 11 is 13.5. The summed E-state index contributed by atoms with van der Waals surface area (Å²) in [6.07, 6.45) is 2.61. The number of amides is 1. The summed E-state index contributed by atoms with van der Waals surface area (Å²) < 4.78 is 0. The zero-order valence-electron chi connectivity index (χ0n) is 9.83. The van der Waals surface area contributed by atoms with E-state index in [1.54, 1.807) is 23.6 Å². The highest BCUT2D eigenvalue weighted by molar-refractivity contribution is 7.13. The van der Waals surface area contributed by atoms with Gasteiger partial charge in [-0.1, -0.05) is 29.3 Å². The van der Waals surface area contributed by atoms with E-state index in [1.807, 2.05) is 0 Å². The fraction of sp³-hybridized carbons (Fsp3) is 0. The highest BCUT2D eigenvalue weighted by atomic mass is 35.5. The predicted octanol–water partition coefficient (Wildman–Crippen LogP) is 4.97. The number of rotatable bonds is 3. The van der Waals surface area contributed by atoms with E-state index in [-0.39, 0.29) is 0 Å². The van der Waals surface area contributed by atoms with Gasteiger partial charge in [-0.2, -0.15) is 0 Å². The summed E-state index contributed by atoms with van der Waals surface area (Å²) in [6.45, 7) is 0. The van der Waals surface area contributed by atoms with E-state index in [0.29, 0.717) is 26.3 Å². The van der Waals surface area contributed by atoms with E-state index >= 15 is 0 Å². The standard InChI is InChI=1S/C12H6Cl2N4OS/c13-8-2-1-3-9(14)11(8)12-16-7(6-20-12)4-5-10(19)17-18-15/h1-6H/b5-4+. The van der Waals surface area contributed by atoms with Gasteiger partial charge in [0.25, 0.3) is 0 Å². The summed E-state index contributed by atoms with van der Waals surface area (Å²) in [6, 6.07) is 5.21. The molecule has 0 fully saturated rings. The molecule has 100 valence electrons. The second kappa shape index (κ2) is 6.54. The lowest BCUT2D eigenvalue weighted by molar-refractivity contribution is -0.113. The predicted molar refractivity (Wildman–Crippen MR) is 80.8 cm³/mol. The molecule has 0 spiro atoms. The Kier molecular flexibility index (Phi) is 4.76. The number of carbonyl (C=O) groups is 1. The van der Waals surface area contributed by atoms with Gasteiger partial charge in [-0.3, -0.25) is 4.79 Å². The average molecular weight is 325 g/mol. The Morgan fingerprint density at radius 3 is 2.75 bits per heavy atom. The molecule has 20 heavy (non-hydrogen) atoms. The fourth-order valence-electron chi connectivity index (χ4n) is 1.41. The van der Waals surface area contributed by atoms with Crippen LogP contribution in [0.1, 0.15) is 5.69 Å². The zero-order chi connectivity index (χ0) is 14.5. The van der Waals surface area contributed by atoms with Crippen molar-refractivity contribution < 1.29 is 4.79 Å². The number of hydrogen-bond donors (Lipinski definition) is 0. The molecule has 0 saturated heterocycles. The summed E-state index contributed by atoms with van der Waals surface area (Å²) in [4.78, 5) is 17.7. The second-order valence-corrected chi connectivity index (χ2v) is 5.21. The van der Waals surface area contributed by atoms with Gasteiger partial charge in [0, 0.05) is 15.9 Å². The van der Waals surface area contributed by atoms with Crippen molar-refractivity contribution in [3.05, 3.63) is 55.8 Å². The Morgan fingerprint density at radius 1 is 1.40 bits per heavy atom. The van der Waals surface area contributed by atoms with Crippen LogP contribution in [0.15, 0.2) is 34.8 Å². The molecule has 0 unspecified atom stereocenters. The van der Waals surface area contributed by atoms with Crippen molar-refractivity contribution in [3.8, 4) is 10.6 Å². The van der Waals surface area contributed by atoms with Gasteiger partial charge < -0.3 is 0 Å². The minimum absolute atomic E-state index is 0.507. The van der Waals surface area contributed by atoms with Gasteiger partial charge in [-0.05, 0) is 34.9 Å². The van der Waals surface area contributed by atoms with Crippen LogP contribution in [0, 0.1) is 0 Å². The number of nitrogens with zero attached hydrogens (tertiary/aromatic N) is 4. The van der Waals surface area contributed by atoms with Gasteiger partial charge in [0.2, 0.25) is 5.91 Å². The minimum atomic E-state index is -0.683. The van der Waals surface area contributed by atoms with Crippen LogP contribution in [0.5, 0.6) is 0 Å².